The van der Waals surface area contributed by atoms with Crippen LogP contribution in [0, 0.1) is 0 Å². The summed E-state index contributed by atoms with van der Waals surface area (Å²) in [6, 6.07) is 8.15. The molecule has 0 saturated heterocycles. The summed E-state index contributed by atoms with van der Waals surface area (Å²) >= 11 is 0. The van der Waals surface area contributed by atoms with Gasteiger partial charge in [-0.25, -0.2) is 9.59 Å². The highest BCUT2D eigenvalue weighted by Gasteiger charge is 2.22. The summed E-state index contributed by atoms with van der Waals surface area (Å²) < 4.78 is 9.71. The first-order valence-electron chi connectivity index (χ1n) is 6.37. The number of nitrogens with one attached hydrogen (secondary N) is 1. The monoisotopic (exact) mass is 294 g/mol. The van der Waals surface area contributed by atoms with Gasteiger partial charge in [0.2, 0.25) is 0 Å². The number of hydrogen-bond acceptors (Lipinski definition) is 5. The lowest BCUT2D eigenvalue weighted by Crippen LogP contribution is -2.42. The number of hydrogen-bond donors (Lipinski definition) is 2. The van der Waals surface area contributed by atoms with Crippen molar-refractivity contribution in [1.82, 2.24) is 5.32 Å². The number of alkyl carbamates (subject to hydrolysis) is 1. The molecule has 0 aliphatic heterocycles. The molecule has 0 spiro atoms. The summed E-state index contributed by atoms with van der Waals surface area (Å²) in [5.74, 6) is -1.53. The van der Waals surface area contributed by atoms with Crippen molar-refractivity contribution >= 4 is 18.0 Å². The van der Waals surface area contributed by atoms with E-state index >= 15 is 0 Å². The van der Waals surface area contributed by atoms with E-state index in [4.69, 9.17) is 15.2 Å². The second-order valence-corrected chi connectivity index (χ2v) is 4.41. The number of carbonyl (C=O) groups excluding carboxylic acids is 3. The molecule has 1 rings (SSSR count). The van der Waals surface area contributed by atoms with Crippen molar-refractivity contribution < 1.29 is 23.9 Å². The second-order valence-electron chi connectivity index (χ2n) is 4.41. The van der Waals surface area contributed by atoms with Gasteiger partial charge in [-0.2, -0.15) is 0 Å². The Kier molecular flexibility index (Phi) is 6.19. The van der Waals surface area contributed by atoms with Crippen LogP contribution in [0.15, 0.2) is 30.3 Å². The summed E-state index contributed by atoms with van der Waals surface area (Å²) in [4.78, 5) is 33.9. The van der Waals surface area contributed by atoms with Crippen molar-refractivity contribution in [1.29, 1.82) is 0 Å². The van der Waals surface area contributed by atoms with E-state index in [-0.39, 0.29) is 6.61 Å². The summed E-state index contributed by atoms with van der Waals surface area (Å²) in [5, 5.41) is 2.31. The van der Waals surface area contributed by atoms with Gasteiger partial charge in [0.25, 0.3) is 5.91 Å². The quantitative estimate of drug-likeness (QED) is 0.751. The van der Waals surface area contributed by atoms with E-state index in [9.17, 15) is 14.4 Å². The number of nitrogens with two attached hydrogens (primary N) is 1. The van der Waals surface area contributed by atoms with E-state index < -0.39 is 30.1 Å². The number of primary amides is 1. The molecule has 0 saturated carbocycles. The van der Waals surface area contributed by atoms with E-state index in [1.165, 1.54) is 13.8 Å². The maximum atomic E-state index is 11.6. The van der Waals surface area contributed by atoms with Gasteiger partial charge in [-0.15, -0.1) is 0 Å². The lowest BCUT2D eigenvalue weighted by atomic mass is 10.2. The largest absolute Gasteiger partial charge is 0.451 e. The Morgan fingerprint density at radius 1 is 1.19 bits per heavy atom. The molecule has 2 unspecified atom stereocenters. The Balaban J connectivity index is 2.36. The number of amides is 2. The maximum Gasteiger partial charge on any atom is 0.408 e. The highest BCUT2D eigenvalue weighted by molar-refractivity contribution is 5.85. The summed E-state index contributed by atoms with van der Waals surface area (Å²) in [6.45, 7) is 2.85. The fourth-order valence-electron chi connectivity index (χ4n) is 1.33. The van der Waals surface area contributed by atoms with E-state index in [0.717, 1.165) is 5.56 Å². The molecule has 0 aliphatic rings. The molecule has 21 heavy (non-hydrogen) atoms. The Bertz CT molecular complexity index is 503. The molecule has 0 bridgehead atoms. The molecular weight excluding hydrogens is 276 g/mol. The molecule has 0 aromatic heterocycles. The van der Waals surface area contributed by atoms with Crippen molar-refractivity contribution in [3.8, 4) is 0 Å². The molecule has 2 amide bonds. The zero-order chi connectivity index (χ0) is 15.8. The van der Waals surface area contributed by atoms with Crippen LogP contribution in [0.4, 0.5) is 4.79 Å². The van der Waals surface area contributed by atoms with Gasteiger partial charge in [-0.3, -0.25) is 4.79 Å². The Labute approximate surface area is 122 Å². The fraction of sp³-hybridized carbons (Fsp3) is 0.357. The van der Waals surface area contributed by atoms with Crippen molar-refractivity contribution in [2.45, 2.75) is 32.6 Å². The molecule has 7 heteroatoms. The van der Waals surface area contributed by atoms with Crippen molar-refractivity contribution in [2.75, 3.05) is 0 Å². The minimum absolute atomic E-state index is 0.0894. The van der Waals surface area contributed by atoms with Crippen LogP contribution in [-0.4, -0.2) is 30.1 Å². The second kappa shape index (κ2) is 7.88. The molecule has 1 aromatic carbocycles. The topological polar surface area (TPSA) is 108 Å². The SMILES string of the molecule is CC(NC(=O)OCc1ccccc1)C(=O)OC(C)C(N)=O. The zero-order valence-corrected chi connectivity index (χ0v) is 11.9. The summed E-state index contributed by atoms with van der Waals surface area (Å²) in [6.07, 6.45) is -1.81. The lowest BCUT2D eigenvalue weighted by molar-refractivity contribution is -0.155. The molecule has 1 aromatic rings. The van der Waals surface area contributed by atoms with Gasteiger partial charge in [0.15, 0.2) is 6.10 Å². The number of carbonyl (C=O) groups is 3. The third-order valence-corrected chi connectivity index (χ3v) is 2.59. The van der Waals surface area contributed by atoms with Crippen LogP contribution in [-0.2, 0) is 25.7 Å². The Morgan fingerprint density at radius 3 is 2.38 bits per heavy atom. The van der Waals surface area contributed by atoms with E-state index in [1.807, 2.05) is 18.2 Å². The highest BCUT2D eigenvalue weighted by atomic mass is 16.6. The maximum absolute atomic E-state index is 11.6. The van der Waals surface area contributed by atoms with Crippen LogP contribution in [0.1, 0.15) is 19.4 Å². The predicted octanol–water partition coefficient (Wildman–Crippen LogP) is 0.718. The fourth-order valence-corrected chi connectivity index (χ4v) is 1.33. The molecular formula is C14H18N2O5. The van der Waals surface area contributed by atoms with Crippen molar-refractivity contribution in [2.24, 2.45) is 5.73 Å². The van der Waals surface area contributed by atoms with E-state index in [2.05, 4.69) is 5.32 Å². The molecule has 7 nitrogen and oxygen atoms in total. The molecule has 2 atom stereocenters. The normalized spacial score (nSPS) is 12.9. The first-order chi connectivity index (χ1) is 9.90. The van der Waals surface area contributed by atoms with Crippen LogP contribution in [0.25, 0.3) is 0 Å². The first-order valence-corrected chi connectivity index (χ1v) is 6.37. The summed E-state index contributed by atoms with van der Waals surface area (Å²) in [5.41, 5.74) is 5.79. The molecule has 0 fully saturated rings. The van der Waals surface area contributed by atoms with Gasteiger partial charge < -0.3 is 20.5 Å². The number of rotatable bonds is 6. The smallest absolute Gasteiger partial charge is 0.408 e. The van der Waals surface area contributed by atoms with Crippen LogP contribution >= 0.6 is 0 Å². The number of esters is 1. The minimum Gasteiger partial charge on any atom is -0.451 e. The molecule has 0 heterocycles. The summed E-state index contributed by atoms with van der Waals surface area (Å²) in [7, 11) is 0. The van der Waals surface area contributed by atoms with Crippen LogP contribution in [0.3, 0.4) is 0 Å². The third-order valence-electron chi connectivity index (χ3n) is 2.59. The zero-order valence-electron chi connectivity index (χ0n) is 11.9. The van der Waals surface area contributed by atoms with Crippen LogP contribution in [0.5, 0.6) is 0 Å². The molecule has 3 N–H and O–H groups in total. The van der Waals surface area contributed by atoms with Crippen molar-refractivity contribution in [3.63, 3.8) is 0 Å². The Morgan fingerprint density at radius 2 is 1.81 bits per heavy atom. The number of benzene rings is 1. The third kappa shape index (κ3) is 5.94. The highest BCUT2D eigenvalue weighted by Crippen LogP contribution is 2.01. The minimum atomic E-state index is -1.05. The van der Waals surface area contributed by atoms with Crippen LogP contribution < -0.4 is 11.1 Å². The number of ether oxygens (including phenoxy) is 2. The van der Waals surface area contributed by atoms with E-state index in [0.29, 0.717) is 0 Å². The predicted molar refractivity (Wildman–Crippen MR) is 74.0 cm³/mol. The average molecular weight is 294 g/mol. The standard InChI is InChI=1S/C14H18N2O5/c1-9(13(18)21-10(2)12(15)17)16-14(19)20-8-11-6-4-3-5-7-11/h3-7,9-10H,8H2,1-2H3,(H2,15,17)(H,16,19). The molecule has 0 aliphatic carbocycles. The lowest BCUT2D eigenvalue weighted by Gasteiger charge is -2.15. The van der Waals surface area contributed by atoms with Gasteiger partial charge >= 0.3 is 12.1 Å². The van der Waals surface area contributed by atoms with E-state index in [1.54, 1.807) is 12.1 Å². The average Bonchev–Trinajstić information content (AvgIpc) is 2.45. The molecule has 0 radical (unpaired) electrons. The van der Waals surface area contributed by atoms with Crippen LogP contribution in [0.2, 0.25) is 0 Å². The Hall–Kier alpha value is -2.57. The molecule has 114 valence electrons. The van der Waals surface area contributed by atoms with Gasteiger partial charge in [-0.05, 0) is 19.4 Å². The van der Waals surface area contributed by atoms with Crippen molar-refractivity contribution in [3.05, 3.63) is 35.9 Å². The van der Waals surface area contributed by atoms with Gasteiger partial charge in [0.1, 0.15) is 12.6 Å². The van der Waals surface area contributed by atoms with Gasteiger partial charge in [-0.1, -0.05) is 30.3 Å². The van der Waals surface area contributed by atoms with Gasteiger partial charge in [0.05, 0.1) is 0 Å². The first kappa shape index (κ1) is 16.5. The van der Waals surface area contributed by atoms with Gasteiger partial charge in [0, 0.05) is 0 Å².